The van der Waals surface area contributed by atoms with E-state index in [9.17, 15) is 0 Å². The van der Waals surface area contributed by atoms with Gasteiger partial charge in [0.25, 0.3) is 5.89 Å². The highest BCUT2D eigenvalue weighted by Gasteiger charge is 2.24. The normalized spacial score (nSPS) is 11.9. The van der Waals surface area contributed by atoms with Gasteiger partial charge < -0.3 is 9.09 Å². The molecule has 9 heteroatoms. The molecule has 0 aliphatic heterocycles. The van der Waals surface area contributed by atoms with Crippen LogP contribution in [-0.4, -0.2) is 24.9 Å². The van der Waals surface area contributed by atoms with Crippen molar-refractivity contribution in [2.24, 2.45) is 7.05 Å². The molecule has 0 saturated carbocycles. The highest BCUT2D eigenvalue weighted by Crippen LogP contribution is 2.29. The molecular weight excluding hydrogens is 396 g/mol. The molecule has 1 atom stereocenters. The van der Waals surface area contributed by atoms with Crippen molar-refractivity contribution in [1.82, 2.24) is 24.9 Å². The van der Waals surface area contributed by atoms with E-state index in [1.165, 1.54) is 0 Å². The van der Waals surface area contributed by atoms with E-state index in [4.69, 9.17) is 21.4 Å². The molecule has 0 saturated heterocycles. The van der Waals surface area contributed by atoms with Gasteiger partial charge in [0, 0.05) is 23.2 Å². The number of halogens is 1. The van der Waals surface area contributed by atoms with Gasteiger partial charge in [-0.05, 0) is 30.3 Å². The molecule has 0 radical (unpaired) electrons. The summed E-state index contributed by atoms with van der Waals surface area (Å²) in [6, 6.07) is 16.4. The van der Waals surface area contributed by atoms with Crippen LogP contribution in [0.4, 0.5) is 0 Å². The summed E-state index contributed by atoms with van der Waals surface area (Å²) in [5, 5.41) is 21.6. The Morgan fingerprint density at radius 2 is 1.93 bits per heavy atom. The highest BCUT2D eigenvalue weighted by molar-refractivity contribution is 7.80. The number of hydrogen-bond acceptors (Lipinski definition) is 7. The van der Waals surface area contributed by atoms with Crippen LogP contribution >= 0.6 is 24.2 Å². The third-order valence-corrected chi connectivity index (χ3v) is 4.86. The Morgan fingerprint density at radius 1 is 1.14 bits per heavy atom. The summed E-state index contributed by atoms with van der Waals surface area (Å²) in [4.78, 5) is 4.41. The minimum atomic E-state index is -0.540. The minimum Gasteiger partial charge on any atom is -0.334 e. The maximum Gasteiger partial charge on any atom is 0.258 e. The number of benzene rings is 2. The molecule has 1 unspecified atom stereocenters. The largest absolute Gasteiger partial charge is 0.334 e. The topological polar surface area (TPSA) is 93.4 Å². The van der Waals surface area contributed by atoms with Gasteiger partial charge in [-0.25, -0.2) is 0 Å². The van der Waals surface area contributed by atoms with Gasteiger partial charge in [0.15, 0.2) is 17.5 Å². The van der Waals surface area contributed by atoms with Crippen molar-refractivity contribution in [2.75, 3.05) is 0 Å². The van der Waals surface area contributed by atoms with Gasteiger partial charge in [-0.3, -0.25) is 0 Å². The molecule has 0 aliphatic carbocycles. The van der Waals surface area contributed by atoms with E-state index in [0.717, 1.165) is 11.1 Å². The first kappa shape index (κ1) is 18.2. The molecule has 0 spiro atoms. The predicted octanol–water partition coefficient (Wildman–Crippen LogP) is 4.08. The van der Waals surface area contributed by atoms with Crippen molar-refractivity contribution in [1.29, 1.82) is 5.26 Å². The summed E-state index contributed by atoms with van der Waals surface area (Å²) < 4.78 is 7.14. The Bertz CT molecular complexity index is 1200. The van der Waals surface area contributed by atoms with Crippen molar-refractivity contribution in [3.05, 3.63) is 70.8 Å². The van der Waals surface area contributed by atoms with E-state index in [-0.39, 0.29) is 0 Å². The van der Waals surface area contributed by atoms with Crippen LogP contribution in [0.2, 0.25) is 5.02 Å². The molecule has 4 rings (SSSR count). The molecular formula is C19H13ClN6OS. The quantitative estimate of drug-likeness (QED) is 0.511. The van der Waals surface area contributed by atoms with Crippen molar-refractivity contribution < 1.29 is 4.52 Å². The van der Waals surface area contributed by atoms with Crippen LogP contribution in [0, 0.1) is 11.3 Å². The van der Waals surface area contributed by atoms with Gasteiger partial charge in [0.1, 0.15) is 5.25 Å². The van der Waals surface area contributed by atoms with Crippen LogP contribution in [-0.2, 0) is 7.05 Å². The van der Waals surface area contributed by atoms with Crippen molar-refractivity contribution >= 4 is 24.2 Å². The first-order chi connectivity index (χ1) is 13.6. The summed E-state index contributed by atoms with van der Waals surface area (Å²) >= 11 is 10.6. The summed E-state index contributed by atoms with van der Waals surface area (Å²) in [5.74, 6) is 1.88. The Hall–Kier alpha value is -3.15. The molecule has 2 heterocycles. The molecule has 0 N–H and O–H groups in total. The highest BCUT2D eigenvalue weighted by atomic mass is 35.5. The van der Waals surface area contributed by atoms with Gasteiger partial charge in [-0.2, -0.15) is 22.9 Å². The van der Waals surface area contributed by atoms with E-state index in [1.54, 1.807) is 34.9 Å². The minimum absolute atomic E-state index is 0.348. The number of nitriles is 1. The van der Waals surface area contributed by atoms with Gasteiger partial charge in [0.05, 0.1) is 11.6 Å². The Labute approximate surface area is 171 Å². The molecule has 2 aromatic carbocycles. The summed E-state index contributed by atoms with van der Waals surface area (Å²) in [5.41, 5.74) is 2.06. The zero-order valence-electron chi connectivity index (χ0n) is 14.6. The van der Waals surface area contributed by atoms with E-state index in [2.05, 4.69) is 39.0 Å². The smallest absolute Gasteiger partial charge is 0.258 e. The van der Waals surface area contributed by atoms with Gasteiger partial charge in [-0.1, -0.05) is 35.0 Å². The lowest BCUT2D eigenvalue weighted by molar-refractivity contribution is 0.423. The molecule has 0 amide bonds. The lowest BCUT2D eigenvalue weighted by atomic mass is 10.1. The first-order valence-electron chi connectivity index (χ1n) is 8.24. The fourth-order valence-corrected chi connectivity index (χ4v) is 3.28. The average Bonchev–Trinajstić information content (AvgIpc) is 3.35. The first-order valence-corrected chi connectivity index (χ1v) is 9.13. The molecule has 28 heavy (non-hydrogen) atoms. The van der Waals surface area contributed by atoms with Crippen molar-refractivity contribution in [3.8, 4) is 28.9 Å². The standard InChI is InChI=1S/C19H13ClN6OS/c1-26-17(12-5-2-4-11(8-12)10-21)23-24-18(26)15(28)16-22-19(27-25-16)13-6-3-7-14(20)9-13/h2-9,15,28H,1H3. The third kappa shape index (κ3) is 3.38. The SMILES string of the molecule is Cn1c(-c2cccc(C#N)c2)nnc1C(S)c1noc(-c2cccc(Cl)c2)n1. The second kappa shape index (κ2) is 7.46. The zero-order chi connectivity index (χ0) is 19.7. The van der Waals surface area contributed by atoms with Gasteiger partial charge in [-0.15, -0.1) is 10.2 Å². The maximum absolute atomic E-state index is 9.09. The summed E-state index contributed by atoms with van der Waals surface area (Å²) in [7, 11) is 1.82. The molecule has 2 aromatic heterocycles. The third-order valence-electron chi connectivity index (χ3n) is 4.16. The van der Waals surface area contributed by atoms with E-state index < -0.39 is 5.25 Å². The zero-order valence-corrected chi connectivity index (χ0v) is 16.3. The molecule has 0 aliphatic rings. The van der Waals surface area contributed by atoms with E-state index in [0.29, 0.717) is 34.0 Å². The number of thiol groups is 1. The van der Waals surface area contributed by atoms with Crippen molar-refractivity contribution in [2.45, 2.75) is 5.25 Å². The molecule has 138 valence electrons. The van der Waals surface area contributed by atoms with Crippen LogP contribution in [0.15, 0.2) is 53.1 Å². The predicted molar refractivity (Wildman–Crippen MR) is 107 cm³/mol. The fourth-order valence-electron chi connectivity index (χ4n) is 2.76. The van der Waals surface area contributed by atoms with Crippen LogP contribution in [0.5, 0.6) is 0 Å². The Kier molecular flexibility index (Phi) is 4.86. The number of hydrogen-bond donors (Lipinski definition) is 1. The van der Waals surface area contributed by atoms with E-state index >= 15 is 0 Å². The summed E-state index contributed by atoms with van der Waals surface area (Å²) in [6.45, 7) is 0. The second-order valence-electron chi connectivity index (χ2n) is 6.00. The second-order valence-corrected chi connectivity index (χ2v) is 6.96. The van der Waals surface area contributed by atoms with Gasteiger partial charge in [0.2, 0.25) is 0 Å². The Morgan fingerprint density at radius 3 is 2.71 bits per heavy atom. The van der Waals surface area contributed by atoms with Crippen molar-refractivity contribution in [3.63, 3.8) is 0 Å². The lowest BCUT2D eigenvalue weighted by Crippen LogP contribution is -2.05. The average molecular weight is 409 g/mol. The van der Waals surface area contributed by atoms with Crippen LogP contribution in [0.25, 0.3) is 22.8 Å². The lowest BCUT2D eigenvalue weighted by Gasteiger charge is -2.07. The summed E-state index contributed by atoms with van der Waals surface area (Å²) in [6.07, 6.45) is 0. The Balaban J connectivity index is 1.65. The molecule has 7 nitrogen and oxygen atoms in total. The molecule has 4 aromatic rings. The number of nitrogens with zero attached hydrogens (tertiary/aromatic N) is 6. The monoisotopic (exact) mass is 408 g/mol. The van der Waals surface area contributed by atoms with Crippen LogP contribution in [0.1, 0.15) is 22.5 Å². The van der Waals surface area contributed by atoms with Gasteiger partial charge >= 0.3 is 0 Å². The van der Waals surface area contributed by atoms with Crippen LogP contribution < -0.4 is 0 Å². The molecule has 0 bridgehead atoms. The fraction of sp³-hybridized carbons (Fsp3) is 0.105. The number of rotatable bonds is 4. The number of aromatic nitrogens is 5. The van der Waals surface area contributed by atoms with E-state index in [1.807, 2.05) is 25.2 Å². The molecule has 0 fully saturated rings. The van der Waals surface area contributed by atoms with Crippen LogP contribution in [0.3, 0.4) is 0 Å². The maximum atomic E-state index is 9.09.